The molecule has 0 aliphatic carbocycles. The molecule has 0 atom stereocenters. The van der Waals surface area contributed by atoms with Gasteiger partial charge in [0.2, 0.25) is 5.91 Å². The highest BCUT2D eigenvalue weighted by molar-refractivity contribution is 7.99. The number of carbonyl (C=O) groups is 1. The number of non-ortho nitro benzene ring substituents is 1. The Kier molecular flexibility index (Phi) is 7.59. The number of amides is 1. The second-order valence-corrected chi connectivity index (χ2v) is 9.54. The zero-order valence-corrected chi connectivity index (χ0v) is 20.1. The van der Waals surface area contributed by atoms with Gasteiger partial charge in [0.25, 0.3) is 5.69 Å². The van der Waals surface area contributed by atoms with Crippen molar-refractivity contribution in [2.75, 3.05) is 31.9 Å². The number of carbonyl (C=O) groups excluding carboxylic acids is 1. The van der Waals surface area contributed by atoms with E-state index in [2.05, 4.69) is 41.1 Å². The summed E-state index contributed by atoms with van der Waals surface area (Å²) in [5.41, 5.74) is 3.25. The molecule has 3 aromatic rings. The number of rotatable bonds is 8. The number of piperazine rings is 1. The topological polar surface area (TPSA) is 97.4 Å². The Balaban J connectivity index is 1.28. The van der Waals surface area contributed by atoms with Crippen LogP contribution in [0.3, 0.4) is 0 Å². The molecule has 0 saturated carbocycles. The maximum atomic E-state index is 12.8. The second-order valence-electron chi connectivity index (χ2n) is 8.60. The Morgan fingerprint density at radius 3 is 2.53 bits per heavy atom. The van der Waals surface area contributed by atoms with Gasteiger partial charge >= 0.3 is 0 Å². The lowest BCUT2D eigenvalue weighted by atomic mass is 10.0. The molecule has 1 aromatic heterocycles. The summed E-state index contributed by atoms with van der Waals surface area (Å²) in [4.78, 5) is 27.5. The van der Waals surface area contributed by atoms with Gasteiger partial charge in [-0.25, -0.2) is 0 Å². The molecule has 1 fully saturated rings. The Bertz CT molecular complexity index is 1140. The van der Waals surface area contributed by atoms with Crippen LogP contribution in [0.4, 0.5) is 5.69 Å². The van der Waals surface area contributed by atoms with Gasteiger partial charge in [0, 0.05) is 50.5 Å². The number of nitrogens with zero attached hydrogens (tertiary/aromatic N) is 6. The fourth-order valence-corrected chi connectivity index (χ4v) is 4.75. The van der Waals surface area contributed by atoms with E-state index in [-0.39, 0.29) is 16.5 Å². The SMILES string of the molecule is CC(C)c1ccc(-n2cnnc2SCC(=O)N2CCN(Cc3cccc([N+](=O)[O-])c3)CC2)cc1. The summed E-state index contributed by atoms with van der Waals surface area (Å²) < 4.78 is 1.90. The first-order chi connectivity index (χ1) is 16.4. The molecular weight excluding hydrogens is 452 g/mol. The molecular formula is C24H28N6O3S. The van der Waals surface area contributed by atoms with Crippen molar-refractivity contribution in [1.29, 1.82) is 0 Å². The van der Waals surface area contributed by atoms with E-state index in [1.807, 2.05) is 27.7 Å². The van der Waals surface area contributed by atoms with Crippen molar-refractivity contribution in [3.8, 4) is 5.69 Å². The van der Waals surface area contributed by atoms with Gasteiger partial charge in [-0.15, -0.1) is 10.2 Å². The second kappa shape index (κ2) is 10.8. The van der Waals surface area contributed by atoms with E-state index in [9.17, 15) is 14.9 Å². The van der Waals surface area contributed by atoms with E-state index in [0.717, 1.165) is 24.3 Å². The fraction of sp³-hybridized carbons (Fsp3) is 0.375. The van der Waals surface area contributed by atoms with Gasteiger partial charge in [-0.1, -0.05) is 49.9 Å². The summed E-state index contributed by atoms with van der Waals surface area (Å²) in [6.07, 6.45) is 1.67. The zero-order valence-electron chi connectivity index (χ0n) is 19.3. The molecule has 0 bridgehead atoms. The first-order valence-electron chi connectivity index (χ1n) is 11.3. The highest BCUT2D eigenvalue weighted by Gasteiger charge is 2.22. The molecule has 0 radical (unpaired) electrons. The average Bonchev–Trinajstić information content (AvgIpc) is 3.32. The summed E-state index contributed by atoms with van der Waals surface area (Å²) in [5.74, 6) is 0.839. The predicted octanol–water partition coefficient (Wildman–Crippen LogP) is 3.74. The van der Waals surface area contributed by atoms with Gasteiger partial charge in [-0.3, -0.25) is 24.4 Å². The van der Waals surface area contributed by atoms with Crippen molar-refractivity contribution in [3.63, 3.8) is 0 Å². The van der Waals surface area contributed by atoms with Crippen LogP contribution in [-0.2, 0) is 11.3 Å². The van der Waals surface area contributed by atoms with E-state index < -0.39 is 0 Å². The lowest BCUT2D eigenvalue weighted by Crippen LogP contribution is -2.48. The van der Waals surface area contributed by atoms with Gasteiger partial charge in [0.15, 0.2) is 5.16 Å². The Labute approximate surface area is 202 Å². The van der Waals surface area contributed by atoms with E-state index in [1.54, 1.807) is 18.5 Å². The lowest BCUT2D eigenvalue weighted by Gasteiger charge is -2.34. The third-order valence-electron chi connectivity index (χ3n) is 5.93. The van der Waals surface area contributed by atoms with Crippen LogP contribution in [0.2, 0.25) is 0 Å². The van der Waals surface area contributed by atoms with Crippen LogP contribution in [0.15, 0.2) is 60.0 Å². The highest BCUT2D eigenvalue weighted by Crippen LogP contribution is 2.22. The van der Waals surface area contributed by atoms with Crippen LogP contribution in [0.5, 0.6) is 0 Å². The third-order valence-corrected chi connectivity index (χ3v) is 6.86. The number of nitro benzene ring substituents is 1. The van der Waals surface area contributed by atoms with Gasteiger partial charge in [-0.2, -0.15) is 0 Å². The summed E-state index contributed by atoms with van der Waals surface area (Å²) in [6.45, 7) is 7.70. The molecule has 0 spiro atoms. The minimum absolute atomic E-state index is 0.0738. The average molecular weight is 481 g/mol. The molecule has 2 heterocycles. The van der Waals surface area contributed by atoms with Crippen molar-refractivity contribution in [1.82, 2.24) is 24.6 Å². The minimum atomic E-state index is -0.376. The standard InChI is InChI=1S/C24H28N6O3S/c1-18(2)20-6-8-21(9-7-20)29-17-25-26-24(29)34-16-23(31)28-12-10-27(11-13-28)15-19-4-3-5-22(14-19)30(32)33/h3-9,14,17-18H,10-13,15-16H2,1-2H3. The molecule has 34 heavy (non-hydrogen) atoms. The van der Waals surface area contributed by atoms with Gasteiger partial charge in [0.05, 0.1) is 10.7 Å². The maximum absolute atomic E-state index is 12.8. The van der Waals surface area contributed by atoms with Crippen LogP contribution < -0.4 is 0 Å². The number of thioether (sulfide) groups is 1. The monoisotopic (exact) mass is 480 g/mol. The largest absolute Gasteiger partial charge is 0.339 e. The van der Waals surface area contributed by atoms with Gasteiger partial charge in [-0.05, 0) is 29.2 Å². The quantitative estimate of drug-likeness (QED) is 0.275. The predicted molar refractivity (Wildman–Crippen MR) is 131 cm³/mol. The number of hydrogen-bond donors (Lipinski definition) is 0. The molecule has 178 valence electrons. The Morgan fingerprint density at radius 1 is 1.12 bits per heavy atom. The Morgan fingerprint density at radius 2 is 1.85 bits per heavy atom. The van der Waals surface area contributed by atoms with E-state index in [4.69, 9.17) is 0 Å². The maximum Gasteiger partial charge on any atom is 0.269 e. The molecule has 2 aromatic carbocycles. The van der Waals surface area contributed by atoms with E-state index in [1.165, 1.54) is 23.4 Å². The third kappa shape index (κ3) is 5.81. The first-order valence-corrected chi connectivity index (χ1v) is 12.3. The number of aromatic nitrogens is 3. The smallest absolute Gasteiger partial charge is 0.269 e. The van der Waals surface area contributed by atoms with Crippen molar-refractivity contribution in [2.24, 2.45) is 0 Å². The molecule has 1 aliphatic rings. The molecule has 9 nitrogen and oxygen atoms in total. The van der Waals surface area contributed by atoms with Crippen molar-refractivity contribution in [2.45, 2.75) is 31.5 Å². The summed E-state index contributed by atoms with van der Waals surface area (Å²) in [7, 11) is 0. The minimum Gasteiger partial charge on any atom is -0.339 e. The van der Waals surface area contributed by atoms with Gasteiger partial charge in [0.1, 0.15) is 6.33 Å². The zero-order chi connectivity index (χ0) is 24.1. The normalized spacial score (nSPS) is 14.5. The fourth-order valence-electron chi connectivity index (χ4n) is 3.92. The van der Waals surface area contributed by atoms with Crippen LogP contribution in [-0.4, -0.2) is 67.3 Å². The van der Waals surface area contributed by atoms with Crippen LogP contribution in [0.1, 0.15) is 30.9 Å². The Hall–Kier alpha value is -3.24. The molecule has 10 heteroatoms. The molecule has 0 unspecified atom stereocenters. The lowest BCUT2D eigenvalue weighted by molar-refractivity contribution is -0.384. The number of nitro groups is 1. The van der Waals surface area contributed by atoms with E-state index >= 15 is 0 Å². The first kappa shape index (κ1) is 23.9. The van der Waals surface area contributed by atoms with E-state index in [0.29, 0.717) is 36.5 Å². The number of benzene rings is 2. The molecule has 0 N–H and O–H groups in total. The summed E-state index contributed by atoms with van der Waals surface area (Å²) >= 11 is 1.39. The summed E-state index contributed by atoms with van der Waals surface area (Å²) in [6, 6.07) is 15.0. The molecule has 4 rings (SSSR count). The molecule has 1 saturated heterocycles. The molecule has 1 amide bonds. The van der Waals surface area contributed by atoms with Crippen molar-refractivity contribution >= 4 is 23.4 Å². The van der Waals surface area contributed by atoms with Crippen molar-refractivity contribution < 1.29 is 9.72 Å². The van der Waals surface area contributed by atoms with Gasteiger partial charge < -0.3 is 4.90 Å². The summed E-state index contributed by atoms with van der Waals surface area (Å²) in [5, 5.41) is 19.9. The number of hydrogen-bond acceptors (Lipinski definition) is 7. The van der Waals surface area contributed by atoms with Crippen LogP contribution >= 0.6 is 11.8 Å². The highest BCUT2D eigenvalue weighted by atomic mass is 32.2. The van der Waals surface area contributed by atoms with Crippen molar-refractivity contribution in [3.05, 3.63) is 76.1 Å². The van der Waals surface area contributed by atoms with Crippen LogP contribution in [0, 0.1) is 10.1 Å². The molecule has 1 aliphatic heterocycles. The van der Waals surface area contributed by atoms with Crippen LogP contribution in [0.25, 0.3) is 5.69 Å².